The van der Waals surface area contributed by atoms with Gasteiger partial charge in [-0.15, -0.1) is 0 Å². The molecule has 3 aromatic carbocycles. The molecule has 2 amide bonds. The topological polar surface area (TPSA) is 103 Å². The van der Waals surface area contributed by atoms with Gasteiger partial charge in [-0.05, 0) is 37.3 Å². The summed E-state index contributed by atoms with van der Waals surface area (Å²) < 4.78 is 10.5. The van der Waals surface area contributed by atoms with Gasteiger partial charge in [0.1, 0.15) is 0 Å². The number of esters is 1. The normalized spacial score (nSPS) is 12.7. The Hall–Kier alpha value is -4.59. The van der Waals surface area contributed by atoms with Crippen molar-refractivity contribution in [1.29, 1.82) is 0 Å². The lowest BCUT2D eigenvalue weighted by Gasteiger charge is -2.14. The second kappa shape index (κ2) is 8.16. The van der Waals surface area contributed by atoms with Crippen LogP contribution in [0, 0.1) is 6.92 Å². The van der Waals surface area contributed by atoms with E-state index >= 15 is 0 Å². The number of hydrogen-bond acceptors (Lipinski definition) is 7. The summed E-state index contributed by atoms with van der Waals surface area (Å²) in [6.45, 7) is 1.77. The van der Waals surface area contributed by atoms with Crippen molar-refractivity contribution in [1.82, 2.24) is 10.1 Å². The SMILES string of the molecule is Cc1ccc(-c2noc(COC(=O)c3cccc(N4C(=O)c5ccccc5C4=O)c3)n2)cc1. The largest absolute Gasteiger partial charge is 0.452 e. The van der Waals surface area contributed by atoms with Crippen LogP contribution in [0.5, 0.6) is 0 Å². The molecule has 0 saturated heterocycles. The predicted molar refractivity (Wildman–Crippen MR) is 118 cm³/mol. The first kappa shape index (κ1) is 20.3. The minimum absolute atomic E-state index is 0.149. The van der Waals surface area contributed by atoms with Gasteiger partial charge in [0.15, 0.2) is 6.61 Å². The molecule has 0 saturated carbocycles. The van der Waals surface area contributed by atoms with Crippen molar-refractivity contribution in [3.05, 3.63) is 101 Å². The first-order chi connectivity index (χ1) is 16.0. The molecule has 0 atom stereocenters. The summed E-state index contributed by atoms with van der Waals surface area (Å²) >= 11 is 0. The van der Waals surface area contributed by atoms with E-state index in [4.69, 9.17) is 9.26 Å². The van der Waals surface area contributed by atoms with E-state index in [9.17, 15) is 14.4 Å². The first-order valence-electron chi connectivity index (χ1n) is 10.2. The summed E-state index contributed by atoms with van der Waals surface area (Å²) in [5.41, 5.74) is 3.03. The van der Waals surface area contributed by atoms with Crippen LogP contribution in [0.1, 0.15) is 42.5 Å². The Kier molecular flexibility index (Phi) is 5.02. The highest BCUT2D eigenvalue weighted by Crippen LogP contribution is 2.29. The van der Waals surface area contributed by atoms with Gasteiger partial charge < -0.3 is 9.26 Å². The fourth-order valence-electron chi connectivity index (χ4n) is 3.54. The van der Waals surface area contributed by atoms with Crippen molar-refractivity contribution in [2.24, 2.45) is 0 Å². The molecule has 0 bridgehead atoms. The molecule has 2 heterocycles. The Morgan fingerprint density at radius 2 is 1.64 bits per heavy atom. The highest BCUT2D eigenvalue weighted by atomic mass is 16.6. The molecule has 0 unspecified atom stereocenters. The van der Waals surface area contributed by atoms with Gasteiger partial charge in [0.2, 0.25) is 5.82 Å². The zero-order chi connectivity index (χ0) is 22.9. The van der Waals surface area contributed by atoms with E-state index in [2.05, 4.69) is 10.1 Å². The molecule has 1 aliphatic rings. The number of imide groups is 1. The van der Waals surface area contributed by atoms with E-state index in [1.807, 2.05) is 31.2 Å². The predicted octanol–water partition coefficient (Wildman–Crippen LogP) is 4.20. The van der Waals surface area contributed by atoms with E-state index in [0.29, 0.717) is 17.0 Å². The standard InChI is InChI=1S/C25H17N3O5/c1-15-9-11-16(12-10-15)22-26-21(33-27-22)14-32-25(31)17-5-4-6-18(13-17)28-23(29)19-7-2-3-8-20(19)24(28)30/h2-13H,14H2,1H3. The maximum Gasteiger partial charge on any atom is 0.338 e. The van der Waals surface area contributed by atoms with Crippen molar-refractivity contribution in [3.63, 3.8) is 0 Å². The van der Waals surface area contributed by atoms with Gasteiger partial charge >= 0.3 is 5.97 Å². The molecule has 0 radical (unpaired) electrons. The van der Waals surface area contributed by atoms with Gasteiger partial charge in [0.05, 0.1) is 22.4 Å². The van der Waals surface area contributed by atoms with Crippen LogP contribution in [-0.4, -0.2) is 27.9 Å². The first-order valence-corrected chi connectivity index (χ1v) is 10.2. The van der Waals surface area contributed by atoms with Crippen molar-refractivity contribution in [3.8, 4) is 11.4 Å². The number of aryl methyl sites for hydroxylation is 1. The number of anilines is 1. The lowest BCUT2D eigenvalue weighted by Crippen LogP contribution is -2.29. The summed E-state index contributed by atoms with van der Waals surface area (Å²) in [5, 5.41) is 3.91. The molecule has 8 heteroatoms. The molecule has 0 spiro atoms. The number of rotatable bonds is 5. The summed E-state index contributed by atoms with van der Waals surface area (Å²) in [5.74, 6) is -0.973. The van der Waals surface area contributed by atoms with Crippen LogP contribution in [0.3, 0.4) is 0 Å². The van der Waals surface area contributed by atoms with Crippen LogP contribution >= 0.6 is 0 Å². The van der Waals surface area contributed by atoms with Crippen LogP contribution in [0.25, 0.3) is 11.4 Å². The molecular formula is C25H17N3O5. The van der Waals surface area contributed by atoms with Crippen LogP contribution in [-0.2, 0) is 11.3 Å². The fraction of sp³-hybridized carbons (Fsp3) is 0.0800. The quantitative estimate of drug-likeness (QED) is 0.339. The van der Waals surface area contributed by atoms with Gasteiger partial charge in [-0.3, -0.25) is 9.59 Å². The van der Waals surface area contributed by atoms with Crippen LogP contribution in [0.4, 0.5) is 5.69 Å². The monoisotopic (exact) mass is 439 g/mol. The molecule has 8 nitrogen and oxygen atoms in total. The van der Waals surface area contributed by atoms with E-state index < -0.39 is 17.8 Å². The number of carbonyl (C=O) groups is 3. The molecule has 0 aliphatic carbocycles. The number of ether oxygens (including phenoxy) is 1. The van der Waals surface area contributed by atoms with Crippen molar-refractivity contribution in [2.75, 3.05) is 4.90 Å². The molecule has 1 aromatic heterocycles. The third-order valence-corrected chi connectivity index (χ3v) is 5.24. The number of nitrogens with zero attached hydrogens (tertiary/aromatic N) is 3. The molecule has 1 aliphatic heterocycles. The van der Waals surface area contributed by atoms with Gasteiger partial charge in [-0.25, -0.2) is 9.69 Å². The third kappa shape index (κ3) is 3.78. The highest BCUT2D eigenvalue weighted by Gasteiger charge is 2.36. The second-order valence-corrected chi connectivity index (χ2v) is 7.50. The van der Waals surface area contributed by atoms with Crippen LogP contribution < -0.4 is 4.90 Å². The van der Waals surface area contributed by atoms with Crippen molar-refractivity contribution < 1.29 is 23.6 Å². The average Bonchev–Trinajstić information content (AvgIpc) is 3.41. The number of amides is 2. The van der Waals surface area contributed by atoms with Crippen molar-refractivity contribution in [2.45, 2.75) is 13.5 Å². The lowest BCUT2D eigenvalue weighted by atomic mass is 10.1. The van der Waals surface area contributed by atoms with E-state index in [1.54, 1.807) is 36.4 Å². The number of aromatic nitrogens is 2. The molecule has 0 N–H and O–H groups in total. The molecule has 33 heavy (non-hydrogen) atoms. The molecule has 162 valence electrons. The highest BCUT2D eigenvalue weighted by molar-refractivity contribution is 6.34. The molecule has 5 rings (SSSR count). The Bertz CT molecular complexity index is 1360. The number of carbonyl (C=O) groups excluding carboxylic acids is 3. The fourth-order valence-corrected chi connectivity index (χ4v) is 3.54. The lowest BCUT2D eigenvalue weighted by molar-refractivity contribution is 0.0429. The molecular weight excluding hydrogens is 422 g/mol. The van der Waals surface area contributed by atoms with E-state index in [-0.39, 0.29) is 23.7 Å². The Labute approximate surface area is 188 Å². The third-order valence-electron chi connectivity index (χ3n) is 5.24. The second-order valence-electron chi connectivity index (χ2n) is 7.50. The summed E-state index contributed by atoms with van der Waals surface area (Å²) in [7, 11) is 0. The summed E-state index contributed by atoms with van der Waals surface area (Å²) in [6.07, 6.45) is 0. The zero-order valence-corrected chi connectivity index (χ0v) is 17.5. The maximum atomic E-state index is 12.7. The Balaban J connectivity index is 1.29. The Morgan fingerprint density at radius 3 is 2.33 bits per heavy atom. The van der Waals surface area contributed by atoms with E-state index in [0.717, 1.165) is 16.0 Å². The van der Waals surface area contributed by atoms with Gasteiger partial charge in [0, 0.05) is 5.56 Å². The number of fused-ring (bicyclic) bond motifs is 1. The van der Waals surface area contributed by atoms with Gasteiger partial charge in [-0.1, -0.05) is 53.2 Å². The minimum Gasteiger partial charge on any atom is -0.452 e. The molecule has 0 fully saturated rings. The van der Waals surface area contributed by atoms with Crippen molar-refractivity contribution >= 4 is 23.5 Å². The number of benzene rings is 3. The number of hydrogen-bond donors (Lipinski definition) is 0. The van der Waals surface area contributed by atoms with Gasteiger partial charge in [0.25, 0.3) is 17.7 Å². The smallest absolute Gasteiger partial charge is 0.338 e. The van der Waals surface area contributed by atoms with Crippen LogP contribution in [0.2, 0.25) is 0 Å². The Morgan fingerprint density at radius 1 is 0.939 bits per heavy atom. The van der Waals surface area contributed by atoms with Crippen LogP contribution in [0.15, 0.2) is 77.3 Å². The summed E-state index contributed by atoms with van der Waals surface area (Å²) in [6, 6.07) is 20.4. The zero-order valence-electron chi connectivity index (χ0n) is 17.5. The average molecular weight is 439 g/mol. The molecule has 4 aromatic rings. The minimum atomic E-state index is -0.649. The summed E-state index contributed by atoms with van der Waals surface area (Å²) in [4.78, 5) is 43.3. The maximum absolute atomic E-state index is 12.7. The van der Waals surface area contributed by atoms with Gasteiger partial charge in [-0.2, -0.15) is 4.98 Å². The van der Waals surface area contributed by atoms with E-state index in [1.165, 1.54) is 12.1 Å².